The van der Waals surface area contributed by atoms with Gasteiger partial charge in [-0.3, -0.25) is 5.10 Å². The lowest BCUT2D eigenvalue weighted by Gasteiger charge is -2.07. The monoisotopic (exact) mass is 229 g/mol. The standard InChI is InChI=1S/C14H19N3/c1-10-6-4-5-7-13(10)8-15-9-14-11(2)16-17-12(14)3/h4-7,15H,8-9H2,1-3H3,(H,16,17). The van der Waals surface area contributed by atoms with Crippen LogP contribution in [-0.4, -0.2) is 10.2 Å². The van der Waals surface area contributed by atoms with E-state index in [0.717, 1.165) is 24.5 Å². The van der Waals surface area contributed by atoms with Crippen LogP contribution in [-0.2, 0) is 13.1 Å². The summed E-state index contributed by atoms with van der Waals surface area (Å²) in [5, 5.41) is 10.7. The summed E-state index contributed by atoms with van der Waals surface area (Å²) in [6.45, 7) is 8.00. The highest BCUT2D eigenvalue weighted by molar-refractivity contribution is 5.26. The van der Waals surface area contributed by atoms with E-state index in [-0.39, 0.29) is 0 Å². The molecule has 3 heteroatoms. The van der Waals surface area contributed by atoms with Gasteiger partial charge in [0.15, 0.2) is 0 Å². The molecule has 2 aromatic rings. The topological polar surface area (TPSA) is 40.7 Å². The number of aromatic nitrogens is 2. The second-order valence-corrected chi connectivity index (χ2v) is 4.44. The smallest absolute Gasteiger partial charge is 0.0638 e. The maximum atomic E-state index is 4.19. The predicted molar refractivity (Wildman–Crippen MR) is 69.8 cm³/mol. The molecule has 2 N–H and O–H groups in total. The van der Waals surface area contributed by atoms with Gasteiger partial charge in [-0.25, -0.2) is 0 Å². The van der Waals surface area contributed by atoms with E-state index in [1.807, 2.05) is 6.92 Å². The lowest BCUT2D eigenvalue weighted by Crippen LogP contribution is -2.14. The molecule has 0 bridgehead atoms. The summed E-state index contributed by atoms with van der Waals surface area (Å²) in [5.74, 6) is 0. The Bertz CT molecular complexity index is 480. The van der Waals surface area contributed by atoms with E-state index in [9.17, 15) is 0 Å². The minimum Gasteiger partial charge on any atom is -0.308 e. The van der Waals surface area contributed by atoms with Gasteiger partial charge in [0.2, 0.25) is 0 Å². The zero-order valence-electron chi connectivity index (χ0n) is 10.7. The summed E-state index contributed by atoms with van der Waals surface area (Å²) in [6, 6.07) is 8.46. The van der Waals surface area contributed by atoms with Crippen LogP contribution in [0.2, 0.25) is 0 Å². The molecule has 0 amide bonds. The molecular weight excluding hydrogens is 210 g/mol. The van der Waals surface area contributed by atoms with Gasteiger partial charge in [-0.15, -0.1) is 0 Å². The largest absolute Gasteiger partial charge is 0.308 e. The molecule has 0 saturated heterocycles. The van der Waals surface area contributed by atoms with Crippen molar-refractivity contribution in [3.63, 3.8) is 0 Å². The molecule has 0 aliphatic heterocycles. The fraction of sp³-hybridized carbons (Fsp3) is 0.357. The van der Waals surface area contributed by atoms with Gasteiger partial charge in [0.1, 0.15) is 0 Å². The van der Waals surface area contributed by atoms with E-state index in [2.05, 4.69) is 53.6 Å². The number of hydrogen-bond acceptors (Lipinski definition) is 2. The van der Waals surface area contributed by atoms with Crippen LogP contribution >= 0.6 is 0 Å². The summed E-state index contributed by atoms with van der Waals surface area (Å²) < 4.78 is 0. The minimum atomic E-state index is 0.864. The molecule has 0 unspecified atom stereocenters. The predicted octanol–water partition coefficient (Wildman–Crippen LogP) is 2.62. The van der Waals surface area contributed by atoms with E-state index in [1.165, 1.54) is 16.7 Å². The van der Waals surface area contributed by atoms with Gasteiger partial charge in [0, 0.05) is 24.3 Å². The molecule has 3 nitrogen and oxygen atoms in total. The lowest BCUT2D eigenvalue weighted by atomic mass is 10.1. The molecule has 17 heavy (non-hydrogen) atoms. The van der Waals surface area contributed by atoms with Crippen molar-refractivity contribution in [3.05, 3.63) is 52.3 Å². The van der Waals surface area contributed by atoms with Crippen molar-refractivity contribution < 1.29 is 0 Å². The van der Waals surface area contributed by atoms with Crippen molar-refractivity contribution in [1.82, 2.24) is 15.5 Å². The van der Waals surface area contributed by atoms with Crippen molar-refractivity contribution >= 4 is 0 Å². The summed E-state index contributed by atoms with van der Waals surface area (Å²) in [4.78, 5) is 0. The minimum absolute atomic E-state index is 0.864. The molecule has 0 aliphatic carbocycles. The average molecular weight is 229 g/mol. The average Bonchev–Trinajstić information content (AvgIpc) is 2.63. The quantitative estimate of drug-likeness (QED) is 0.846. The van der Waals surface area contributed by atoms with E-state index in [1.54, 1.807) is 0 Å². The normalized spacial score (nSPS) is 10.8. The van der Waals surface area contributed by atoms with E-state index in [4.69, 9.17) is 0 Å². The SMILES string of the molecule is Cc1ccccc1CNCc1c(C)n[nH]c1C. The Morgan fingerprint density at radius 1 is 1.12 bits per heavy atom. The summed E-state index contributed by atoms with van der Waals surface area (Å²) in [5.41, 5.74) is 6.20. The highest BCUT2D eigenvalue weighted by atomic mass is 15.1. The third kappa shape index (κ3) is 2.74. The molecule has 1 heterocycles. The van der Waals surface area contributed by atoms with Gasteiger partial charge in [0.25, 0.3) is 0 Å². The Hall–Kier alpha value is -1.61. The number of aromatic amines is 1. The van der Waals surface area contributed by atoms with Crippen molar-refractivity contribution in [2.75, 3.05) is 0 Å². The number of nitrogens with one attached hydrogen (secondary N) is 2. The summed E-state index contributed by atoms with van der Waals surface area (Å²) in [7, 11) is 0. The Labute approximate surface area is 102 Å². The Kier molecular flexibility index (Phi) is 3.59. The van der Waals surface area contributed by atoms with Crippen LogP contribution in [0.15, 0.2) is 24.3 Å². The molecule has 0 atom stereocenters. The van der Waals surface area contributed by atoms with Gasteiger partial charge in [-0.05, 0) is 31.9 Å². The van der Waals surface area contributed by atoms with E-state index >= 15 is 0 Å². The third-order valence-electron chi connectivity index (χ3n) is 3.16. The number of hydrogen-bond donors (Lipinski definition) is 2. The second kappa shape index (κ2) is 5.15. The fourth-order valence-corrected chi connectivity index (χ4v) is 1.97. The zero-order chi connectivity index (χ0) is 12.3. The molecule has 1 aromatic heterocycles. The third-order valence-corrected chi connectivity index (χ3v) is 3.16. The molecule has 0 aliphatic rings. The Balaban J connectivity index is 1.95. The first kappa shape index (κ1) is 11.9. The lowest BCUT2D eigenvalue weighted by molar-refractivity contribution is 0.685. The fourth-order valence-electron chi connectivity index (χ4n) is 1.97. The van der Waals surface area contributed by atoms with Crippen molar-refractivity contribution in [1.29, 1.82) is 0 Å². The molecule has 0 radical (unpaired) electrons. The number of rotatable bonds is 4. The Morgan fingerprint density at radius 3 is 2.53 bits per heavy atom. The van der Waals surface area contributed by atoms with Crippen LogP contribution in [0.3, 0.4) is 0 Å². The summed E-state index contributed by atoms with van der Waals surface area (Å²) in [6.07, 6.45) is 0. The first-order chi connectivity index (χ1) is 8.18. The Morgan fingerprint density at radius 2 is 1.88 bits per heavy atom. The van der Waals surface area contributed by atoms with Crippen LogP contribution in [0.4, 0.5) is 0 Å². The number of aryl methyl sites for hydroxylation is 3. The van der Waals surface area contributed by atoms with Crippen LogP contribution < -0.4 is 5.32 Å². The van der Waals surface area contributed by atoms with Gasteiger partial charge < -0.3 is 5.32 Å². The highest BCUT2D eigenvalue weighted by Crippen LogP contribution is 2.10. The molecule has 90 valence electrons. The number of benzene rings is 1. The maximum Gasteiger partial charge on any atom is 0.0638 e. The van der Waals surface area contributed by atoms with Gasteiger partial charge in [0.05, 0.1) is 5.69 Å². The van der Waals surface area contributed by atoms with E-state index in [0.29, 0.717) is 0 Å². The molecule has 0 spiro atoms. The van der Waals surface area contributed by atoms with Crippen molar-refractivity contribution in [3.8, 4) is 0 Å². The van der Waals surface area contributed by atoms with Gasteiger partial charge in [-0.2, -0.15) is 5.10 Å². The molecule has 1 aromatic carbocycles. The molecule has 0 fully saturated rings. The van der Waals surface area contributed by atoms with Crippen LogP contribution in [0.5, 0.6) is 0 Å². The first-order valence-electron chi connectivity index (χ1n) is 5.94. The molecule has 0 saturated carbocycles. The summed E-state index contributed by atoms with van der Waals surface area (Å²) >= 11 is 0. The van der Waals surface area contributed by atoms with Gasteiger partial charge >= 0.3 is 0 Å². The second-order valence-electron chi connectivity index (χ2n) is 4.44. The number of H-pyrrole nitrogens is 1. The van der Waals surface area contributed by atoms with Crippen LogP contribution in [0.25, 0.3) is 0 Å². The van der Waals surface area contributed by atoms with Crippen molar-refractivity contribution in [2.24, 2.45) is 0 Å². The van der Waals surface area contributed by atoms with Gasteiger partial charge in [-0.1, -0.05) is 24.3 Å². The first-order valence-corrected chi connectivity index (χ1v) is 5.94. The highest BCUT2D eigenvalue weighted by Gasteiger charge is 2.05. The zero-order valence-corrected chi connectivity index (χ0v) is 10.7. The maximum absolute atomic E-state index is 4.19. The molecule has 2 rings (SSSR count). The number of nitrogens with zero attached hydrogens (tertiary/aromatic N) is 1. The van der Waals surface area contributed by atoms with Crippen LogP contribution in [0, 0.1) is 20.8 Å². The van der Waals surface area contributed by atoms with E-state index < -0.39 is 0 Å². The molecular formula is C14H19N3. The van der Waals surface area contributed by atoms with Crippen molar-refractivity contribution in [2.45, 2.75) is 33.9 Å². The van der Waals surface area contributed by atoms with Crippen LogP contribution in [0.1, 0.15) is 28.1 Å².